The SMILES string of the molecule is Cc1nn(CCC(=O)Nc2nn(Cc3c(F)cccc3Cl)cc2Cl)c(C)c1[N+](=O)[O-]. The van der Waals surface area contributed by atoms with E-state index in [4.69, 9.17) is 23.2 Å². The summed E-state index contributed by atoms with van der Waals surface area (Å²) in [6.45, 7) is 3.30. The van der Waals surface area contributed by atoms with Crippen LogP contribution < -0.4 is 5.32 Å². The van der Waals surface area contributed by atoms with E-state index in [1.165, 1.54) is 34.6 Å². The van der Waals surface area contributed by atoms with Crippen molar-refractivity contribution in [1.82, 2.24) is 19.6 Å². The molecule has 0 atom stereocenters. The molecule has 1 amide bonds. The smallest absolute Gasteiger partial charge is 0.308 e. The molecule has 3 rings (SSSR count). The van der Waals surface area contributed by atoms with E-state index in [-0.39, 0.29) is 52.3 Å². The van der Waals surface area contributed by atoms with E-state index < -0.39 is 16.6 Å². The predicted molar refractivity (Wildman–Crippen MR) is 109 cm³/mol. The first-order valence-corrected chi connectivity index (χ1v) is 9.57. The van der Waals surface area contributed by atoms with E-state index in [9.17, 15) is 19.3 Å². The Balaban J connectivity index is 1.65. The Morgan fingerprint density at radius 2 is 2.00 bits per heavy atom. The van der Waals surface area contributed by atoms with Gasteiger partial charge >= 0.3 is 5.69 Å². The van der Waals surface area contributed by atoms with E-state index in [1.54, 1.807) is 13.0 Å². The number of aryl methyl sites for hydroxylation is 2. The van der Waals surface area contributed by atoms with Crippen LogP contribution in [0.5, 0.6) is 0 Å². The third-order valence-corrected chi connectivity index (χ3v) is 5.06. The number of hydrogen-bond acceptors (Lipinski definition) is 5. The van der Waals surface area contributed by atoms with Crippen LogP contribution in [0.25, 0.3) is 0 Å². The summed E-state index contributed by atoms with van der Waals surface area (Å²) in [6, 6.07) is 4.36. The lowest BCUT2D eigenvalue weighted by molar-refractivity contribution is -0.386. The van der Waals surface area contributed by atoms with E-state index in [0.29, 0.717) is 5.69 Å². The molecule has 0 bridgehead atoms. The van der Waals surface area contributed by atoms with Gasteiger partial charge in [0.15, 0.2) is 5.82 Å². The van der Waals surface area contributed by atoms with E-state index >= 15 is 0 Å². The monoisotopic (exact) mass is 454 g/mol. The van der Waals surface area contributed by atoms with Crippen LogP contribution in [0.3, 0.4) is 0 Å². The molecule has 0 radical (unpaired) electrons. The highest BCUT2D eigenvalue weighted by atomic mass is 35.5. The molecular formula is C18H17Cl2FN6O3. The van der Waals surface area contributed by atoms with E-state index in [2.05, 4.69) is 15.5 Å². The van der Waals surface area contributed by atoms with Gasteiger partial charge in [-0.15, -0.1) is 0 Å². The first-order valence-electron chi connectivity index (χ1n) is 8.81. The Morgan fingerprint density at radius 3 is 2.63 bits per heavy atom. The van der Waals surface area contributed by atoms with Crippen LogP contribution in [0.2, 0.25) is 10.0 Å². The quantitative estimate of drug-likeness (QED) is 0.426. The van der Waals surface area contributed by atoms with Crippen molar-refractivity contribution in [2.45, 2.75) is 33.4 Å². The molecule has 2 heterocycles. The lowest BCUT2D eigenvalue weighted by Crippen LogP contribution is -2.16. The van der Waals surface area contributed by atoms with Gasteiger partial charge in [0.1, 0.15) is 22.2 Å². The number of benzene rings is 1. The molecule has 0 aliphatic carbocycles. The predicted octanol–water partition coefficient (Wildman–Crippen LogP) is 4.13. The number of carbonyl (C=O) groups excluding carboxylic acids is 1. The van der Waals surface area contributed by atoms with Gasteiger partial charge in [-0.2, -0.15) is 10.2 Å². The van der Waals surface area contributed by atoms with Crippen molar-refractivity contribution < 1.29 is 14.1 Å². The Hall–Kier alpha value is -2.98. The largest absolute Gasteiger partial charge is 0.312 e. The van der Waals surface area contributed by atoms with Crippen molar-refractivity contribution in [3.63, 3.8) is 0 Å². The van der Waals surface area contributed by atoms with Crippen molar-refractivity contribution >= 4 is 40.6 Å². The van der Waals surface area contributed by atoms with E-state index in [1.807, 2.05) is 0 Å². The number of hydrogen-bond donors (Lipinski definition) is 1. The van der Waals surface area contributed by atoms with Gasteiger partial charge in [0.2, 0.25) is 5.91 Å². The molecule has 0 aliphatic heterocycles. The Bertz CT molecular complexity index is 1110. The van der Waals surface area contributed by atoms with E-state index in [0.717, 1.165) is 0 Å². The first kappa shape index (κ1) is 21.7. The van der Waals surface area contributed by atoms with Gasteiger partial charge < -0.3 is 5.32 Å². The summed E-state index contributed by atoms with van der Waals surface area (Å²) in [5.41, 5.74) is 0.840. The minimum atomic E-state index is -0.498. The van der Waals surface area contributed by atoms with Crippen molar-refractivity contribution in [3.05, 3.63) is 67.3 Å². The number of anilines is 1. The molecule has 12 heteroatoms. The van der Waals surface area contributed by atoms with Crippen molar-refractivity contribution in [3.8, 4) is 0 Å². The molecule has 2 aromatic heterocycles. The van der Waals surface area contributed by atoms with Crippen LogP contribution in [0, 0.1) is 29.8 Å². The average molecular weight is 455 g/mol. The fraction of sp³-hybridized carbons (Fsp3) is 0.278. The zero-order chi connectivity index (χ0) is 22.0. The minimum Gasteiger partial charge on any atom is -0.308 e. The molecule has 0 fully saturated rings. The number of amides is 1. The lowest BCUT2D eigenvalue weighted by Gasteiger charge is -2.06. The van der Waals surface area contributed by atoms with Crippen molar-refractivity contribution in [2.24, 2.45) is 0 Å². The molecule has 0 spiro atoms. The summed E-state index contributed by atoms with van der Waals surface area (Å²) >= 11 is 12.1. The standard InChI is InChI=1S/C18H17Cl2FN6O3/c1-10-17(27(29)30)11(2)26(23-10)7-6-16(28)22-18-14(20)9-25(24-18)8-12-13(19)4-3-5-15(12)21/h3-5,9H,6-8H2,1-2H3,(H,22,24,28). The molecule has 158 valence electrons. The summed E-state index contributed by atoms with van der Waals surface area (Å²) in [4.78, 5) is 22.8. The number of halogens is 3. The molecular weight excluding hydrogens is 438 g/mol. The van der Waals surface area contributed by atoms with Crippen LogP contribution in [-0.4, -0.2) is 30.4 Å². The fourth-order valence-corrected chi connectivity index (χ4v) is 3.40. The van der Waals surface area contributed by atoms with Gasteiger partial charge in [-0.25, -0.2) is 4.39 Å². The van der Waals surface area contributed by atoms with Crippen LogP contribution >= 0.6 is 23.2 Å². The Kier molecular flexibility index (Phi) is 6.37. The second-order valence-electron chi connectivity index (χ2n) is 6.52. The zero-order valence-electron chi connectivity index (χ0n) is 16.0. The summed E-state index contributed by atoms with van der Waals surface area (Å²) in [5, 5.41) is 22.3. The fourth-order valence-electron chi connectivity index (χ4n) is 2.98. The number of rotatable bonds is 7. The molecule has 0 aliphatic rings. The summed E-state index contributed by atoms with van der Waals surface area (Å²) in [7, 11) is 0. The van der Waals surface area contributed by atoms with Crippen LogP contribution in [0.1, 0.15) is 23.4 Å². The number of nitrogens with one attached hydrogen (secondary N) is 1. The molecule has 9 nitrogen and oxygen atoms in total. The molecule has 1 N–H and O–H groups in total. The number of carbonyl (C=O) groups is 1. The highest BCUT2D eigenvalue weighted by molar-refractivity contribution is 6.33. The maximum Gasteiger partial charge on any atom is 0.312 e. The second kappa shape index (κ2) is 8.80. The Labute approximate surface area is 180 Å². The summed E-state index contributed by atoms with van der Waals surface area (Å²) in [6.07, 6.45) is 1.45. The van der Waals surface area contributed by atoms with Crippen LogP contribution in [0.4, 0.5) is 15.9 Å². The highest BCUT2D eigenvalue weighted by Crippen LogP contribution is 2.24. The lowest BCUT2D eigenvalue weighted by atomic mass is 10.2. The summed E-state index contributed by atoms with van der Waals surface area (Å²) in [5.74, 6) is -0.756. The Morgan fingerprint density at radius 1 is 1.27 bits per heavy atom. The molecule has 0 saturated heterocycles. The molecule has 0 saturated carbocycles. The average Bonchev–Trinajstić information content (AvgIpc) is 3.15. The van der Waals surface area contributed by atoms with Gasteiger partial charge in [0, 0.05) is 23.2 Å². The van der Waals surface area contributed by atoms with Gasteiger partial charge in [-0.05, 0) is 26.0 Å². The van der Waals surface area contributed by atoms with Gasteiger partial charge in [0.25, 0.3) is 0 Å². The maximum absolute atomic E-state index is 13.9. The van der Waals surface area contributed by atoms with Gasteiger partial charge in [0.05, 0.1) is 18.0 Å². The van der Waals surface area contributed by atoms with Gasteiger partial charge in [-0.3, -0.25) is 24.3 Å². The molecule has 0 unspecified atom stereocenters. The number of nitrogens with zero attached hydrogens (tertiary/aromatic N) is 5. The molecule has 30 heavy (non-hydrogen) atoms. The maximum atomic E-state index is 13.9. The third kappa shape index (κ3) is 4.60. The molecule has 1 aromatic carbocycles. The topological polar surface area (TPSA) is 108 Å². The molecule has 3 aromatic rings. The van der Waals surface area contributed by atoms with Crippen molar-refractivity contribution in [1.29, 1.82) is 0 Å². The van der Waals surface area contributed by atoms with Crippen LogP contribution in [-0.2, 0) is 17.9 Å². The van der Waals surface area contributed by atoms with Crippen molar-refractivity contribution in [2.75, 3.05) is 5.32 Å². The first-order chi connectivity index (χ1) is 14.2. The zero-order valence-corrected chi connectivity index (χ0v) is 17.5. The highest BCUT2D eigenvalue weighted by Gasteiger charge is 2.22. The number of aromatic nitrogens is 4. The summed E-state index contributed by atoms with van der Waals surface area (Å²) < 4.78 is 16.7. The normalized spacial score (nSPS) is 11.0. The van der Waals surface area contributed by atoms with Gasteiger partial charge in [-0.1, -0.05) is 29.3 Å². The second-order valence-corrected chi connectivity index (χ2v) is 7.34. The third-order valence-electron chi connectivity index (χ3n) is 4.43. The van der Waals surface area contributed by atoms with Crippen LogP contribution in [0.15, 0.2) is 24.4 Å². The number of nitro groups is 1. The minimum absolute atomic E-state index is 0.00143.